The second-order valence-corrected chi connectivity index (χ2v) is 16.7. The van der Waals surface area contributed by atoms with Crippen molar-refractivity contribution in [2.75, 3.05) is 40.9 Å². The monoisotopic (exact) mass is 777 g/mol. The predicted molar refractivity (Wildman–Crippen MR) is 228 cm³/mol. The van der Waals surface area contributed by atoms with Crippen molar-refractivity contribution in [3.63, 3.8) is 0 Å². The molecule has 0 heterocycles. The lowest BCUT2D eigenvalue weighted by molar-refractivity contribution is -0.870. The SMILES string of the molecule is CC/C=C\C/C=C\C/C=C\C/C=C\C/C=C\CCCCCCCC(=O)NC(COP(=O)([O-])OCC[N+](C)(C)C)C(O)/C=C/CCCCCCCCCCC. The van der Waals surface area contributed by atoms with Gasteiger partial charge in [-0.15, -0.1) is 0 Å². The van der Waals surface area contributed by atoms with Crippen LogP contribution in [0.3, 0.4) is 0 Å². The molecule has 0 saturated carbocycles. The molecule has 2 N–H and O–H groups in total. The van der Waals surface area contributed by atoms with Gasteiger partial charge in [0.1, 0.15) is 13.2 Å². The Balaban J connectivity index is 4.45. The van der Waals surface area contributed by atoms with E-state index in [4.69, 9.17) is 9.05 Å². The molecule has 312 valence electrons. The Hall–Kier alpha value is -2.06. The average Bonchev–Trinajstić information content (AvgIpc) is 3.12. The number of phosphoric acid groups is 1. The van der Waals surface area contributed by atoms with Gasteiger partial charge in [0.15, 0.2) is 0 Å². The van der Waals surface area contributed by atoms with Crippen molar-refractivity contribution in [2.45, 2.75) is 167 Å². The minimum atomic E-state index is -4.59. The number of carbonyl (C=O) groups is 1. The number of aliphatic hydroxyl groups excluding tert-OH is 1. The first kappa shape index (κ1) is 51.9. The minimum Gasteiger partial charge on any atom is -0.756 e. The van der Waals surface area contributed by atoms with Gasteiger partial charge in [0.2, 0.25) is 5.91 Å². The number of phosphoric ester groups is 1. The lowest BCUT2D eigenvalue weighted by Crippen LogP contribution is -2.45. The molecule has 8 nitrogen and oxygen atoms in total. The third-order valence-corrected chi connectivity index (χ3v) is 9.89. The Kier molecular flexibility index (Phi) is 35.2. The molecule has 9 heteroatoms. The molecule has 3 unspecified atom stereocenters. The molecule has 0 aromatic heterocycles. The number of hydrogen-bond donors (Lipinski definition) is 2. The van der Waals surface area contributed by atoms with Gasteiger partial charge in [-0.1, -0.05) is 157 Å². The van der Waals surface area contributed by atoms with Gasteiger partial charge in [0.05, 0.1) is 39.9 Å². The second-order valence-electron chi connectivity index (χ2n) is 15.3. The predicted octanol–water partition coefficient (Wildman–Crippen LogP) is 11.0. The molecule has 0 aromatic rings. The van der Waals surface area contributed by atoms with Crippen molar-refractivity contribution in [3.05, 3.63) is 72.9 Å². The van der Waals surface area contributed by atoms with E-state index in [1.54, 1.807) is 6.08 Å². The molecule has 0 fully saturated rings. The molecule has 0 rings (SSSR count). The van der Waals surface area contributed by atoms with Gasteiger partial charge in [0, 0.05) is 6.42 Å². The summed E-state index contributed by atoms with van der Waals surface area (Å²) < 4.78 is 23.1. The van der Waals surface area contributed by atoms with Crippen molar-refractivity contribution in [3.8, 4) is 0 Å². The standard InChI is InChI=1S/C45H81N2O6P/c1-6-8-10-12-14-16-18-19-20-21-22-23-24-25-26-27-29-31-33-35-37-39-45(49)46-43(42-53-54(50,51)52-41-40-47(3,4)5)44(48)38-36-34-32-30-28-17-15-13-11-9-7-2/h8,10,14,16,19-20,22-23,25-26,36,38,43-44,48H,6-7,9,11-13,15,17-18,21,24,27-35,37,39-42H2,1-5H3,(H-,46,49,50,51)/b10-8-,16-14-,20-19-,23-22-,26-25-,38-36+. The van der Waals surface area contributed by atoms with Gasteiger partial charge in [-0.05, 0) is 64.2 Å². The molecular formula is C45H81N2O6P. The zero-order valence-corrected chi connectivity index (χ0v) is 36.0. The third kappa shape index (κ3) is 38.2. The van der Waals surface area contributed by atoms with Crippen LogP contribution in [-0.4, -0.2) is 68.5 Å². The number of quaternary nitrogens is 1. The Morgan fingerprint density at radius 2 is 1.13 bits per heavy atom. The minimum absolute atomic E-state index is 0.00911. The highest BCUT2D eigenvalue weighted by Crippen LogP contribution is 2.38. The molecule has 0 saturated heterocycles. The van der Waals surface area contributed by atoms with Gasteiger partial charge in [-0.2, -0.15) is 0 Å². The van der Waals surface area contributed by atoms with Crippen LogP contribution in [0.4, 0.5) is 0 Å². The number of likely N-dealkylation sites (N-methyl/N-ethyl adjacent to an activating group) is 1. The fourth-order valence-corrected chi connectivity index (χ4v) is 6.25. The van der Waals surface area contributed by atoms with Gasteiger partial charge in [-0.25, -0.2) is 0 Å². The maximum absolute atomic E-state index is 12.8. The number of allylic oxidation sites excluding steroid dienone is 11. The van der Waals surface area contributed by atoms with Crippen LogP contribution in [0.5, 0.6) is 0 Å². The second kappa shape index (κ2) is 36.6. The topological polar surface area (TPSA) is 108 Å². The van der Waals surface area contributed by atoms with Crippen LogP contribution >= 0.6 is 7.82 Å². The molecule has 0 spiro atoms. The molecule has 1 amide bonds. The maximum Gasteiger partial charge on any atom is 0.268 e. The first-order valence-corrected chi connectivity index (χ1v) is 22.8. The number of aliphatic hydroxyl groups is 1. The molecule has 3 atom stereocenters. The lowest BCUT2D eigenvalue weighted by atomic mass is 10.1. The van der Waals surface area contributed by atoms with Crippen LogP contribution in [0.1, 0.15) is 155 Å². The summed E-state index contributed by atoms with van der Waals surface area (Å²) in [6.07, 6.45) is 48.0. The van der Waals surface area contributed by atoms with Crippen molar-refractivity contribution in [2.24, 2.45) is 0 Å². The van der Waals surface area contributed by atoms with Crippen LogP contribution in [0.25, 0.3) is 0 Å². The number of hydrogen-bond acceptors (Lipinski definition) is 6. The molecular weight excluding hydrogens is 695 g/mol. The quantitative estimate of drug-likeness (QED) is 0.0281. The van der Waals surface area contributed by atoms with Crippen LogP contribution in [0, 0.1) is 0 Å². The van der Waals surface area contributed by atoms with E-state index < -0.39 is 26.6 Å². The highest BCUT2D eigenvalue weighted by atomic mass is 31.2. The summed E-state index contributed by atoms with van der Waals surface area (Å²) in [5.41, 5.74) is 0. The summed E-state index contributed by atoms with van der Waals surface area (Å²) >= 11 is 0. The van der Waals surface area contributed by atoms with E-state index in [2.05, 4.69) is 79.9 Å². The maximum atomic E-state index is 12.8. The summed E-state index contributed by atoms with van der Waals surface area (Å²) in [6, 6.07) is -0.899. The van der Waals surface area contributed by atoms with E-state index in [1.165, 1.54) is 44.9 Å². The van der Waals surface area contributed by atoms with Crippen molar-refractivity contribution in [1.82, 2.24) is 5.32 Å². The smallest absolute Gasteiger partial charge is 0.268 e. The van der Waals surface area contributed by atoms with Crippen LogP contribution in [0.2, 0.25) is 0 Å². The lowest BCUT2D eigenvalue weighted by Gasteiger charge is -2.29. The van der Waals surface area contributed by atoms with Crippen LogP contribution in [0.15, 0.2) is 72.9 Å². The van der Waals surface area contributed by atoms with Gasteiger partial charge in [-0.3, -0.25) is 9.36 Å². The summed E-state index contributed by atoms with van der Waals surface area (Å²) in [6.45, 7) is 4.47. The molecule has 0 radical (unpaired) electrons. The number of rotatable bonds is 37. The van der Waals surface area contributed by atoms with E-state index in [0.717, 1.165) is 89.9 Å². The van der Waals surface area contributed by atoms with E-state index in [9.17, 15) is 19.4 Å². The summed E-state index contributed by atoms with van der Waals surface area (Å²) in [5, 5.41) is 13.7. The molecule has 0 aliphatic rings. The molecule has 54 heavy (non-hydrogen) atoms. The highest BCUT2D eigenvalue weighted by molar-refractivity contribution is 7.45. The zero-order chi connectivity index (χ0) is 40.0. The first-order chi connectivity index (χ1) is 26.0. The zero-order valence-electron chi connectivity index (χ0n) is 35.1. The summed E-state index contributed by atoms with van der Waals surface area (Å²) in [7, 11) is 1.23. The van der Waals surface area contributed by atoms with Gasteiger partial charge in [0.25, 0.3) is 7.82 Å². The van der Waals surface area contributed by atoms with Crippen molar-refractivity contribution in [1.29, 1.82) is 0 Å². The number of nitrogens with zero attached hydrogens (tertiary/aromatic N) is 1. The fraction of sp³-hybridized carbons (Fsp3) is 0.711. The normalized spacial score (nSPS) is 15.2. The van der Waals surface area contributed by atoms with Crippen molar-refractivity contribution < 1.29 is 32.9 Å². The van der Waals surface area contributed by atoms with Gasteiger partial charge < -0.3 is 28.8 Å². The Morgan fingerprint density at radius 3 is 1.65 bits per heavy atom. The number of amides is 1. The van der Waals surface area contributed by atoms with Gasteiger partial charge >= 0.3 is 0 Å². The number of carbonyl (C=O) groups excluding carboxylic acids is 1. The van der Waals surface area contributed by atoms with E-state index >= 15 is 0 Å². The number of nitrogens with one attached hydrogen (secondary N) is 1. The molecule has 0 aliphatic carbocycles. The summed E-state index contributed by atoms with van der Waals surface area (Å²) in [5.74, 6) is -0.222. The molecule has 0 bridgehead atoms. The highest BCUT2D eigenvalue weighted by Gasteiger charge is 2.23. The fourth-order valence-electron chi connectivity index (χ4n) is 5.53. The first-order valence-electron chi connectivity index (χ1n) is 21.3. The largest absolute Gasteiger partial charge is 0.756 e. The Bertz CT molecular complexity index is 1110. The number of unbranched alkanes of at least 4 members (excludes halogenated alkanes) is 14. The third-order valence-electron chi connectivity index (χ3n) is 8.92. The Labute approximate surface area is 332 Å². The van der Waals surface area contributed by atoms with E-state index in [0.29, 0.717) is 17.4 Å². The van der Waals surface area contributed by atoms with Crippen LogP contribution < -0.4 is 10.2 Å². The summed E-state index contributed by atoms with van der Waals surface area (Å²) in [4.78, 5) is 25.2. The average molecular weight is 777 g/mol. The Morgan fingerprint density at radius 1 is 0.667 bits per heavy atom. The van der Waals surface area contributed by atoms with E-state index in [1.807, 2.05) is 27.2 Å². The van der Waals surface area contributed by atoms with Crippen molar-refractivity contribution >= 4 is 13.7 Å². The van der Waals surface area contributed by atoms with E-state index in [-0.39, 0.29) is 12.5 Å². The van der Waals surface area contributed by atoms with Crippen LogP contribution in [-0.2, 0) is 18.4 Å². The molecule has 0 aromatic carbocycles. The molecule has 0 aliphatic heterocycles.